The van der Waals surface area contributed by atoms with Crippen molar-refractivity contribution in [2.24, 2.45) is 4.99 Å². The Morgan fingerprint density at radius 2 is 1.80 bits per heavy atom. The molecule has 0 heterocycles. The summed E-state index contributed by atoms with van der Waals surface area (Å²) < 4.78 is 31.9. The van der Waals surface area contributed by atoms with Crippen LogP contribution < -0.4 is 0 Å². The zero-order valence-corrected chi connectivity index (χ0v) is 10.3. The standard InChI is InChI=1S/C9H20N2O3S/c1-10-6-4-7-11(2,3)8-5-9-15(12,13)14/h1,4-9H2,2-3H3. The summed E-state index contributed by atoms with van der Waals surface area (Å²) in [6.45, 7) is 5.73. The van der Waals surface area contributed by atoms with Crippen LogP contribution in [0.2, 0.25) is 0 Å². The fourth-order valence-corrected chi connectivity index (χ4v) is 1.87. The monoisotopic (exact) mass is 236 g/mol. The molecule has 0 bridgehead atoms. The predicted octanol–water partition coefficient (Wildman–Crippen LogP) is 0.0888. The van der Waals surface area contributed by atoms with E-state index in [-0.39, 0.29) is 5.75 Å². The van der Waals surface area contributed by atoms with Crippen molar-refractivity contribution in [3.05, 3.63) is 0 Å². The zero-order chi connectivity index (χ0) is 11.9. The first-order valence-electron chi connectivity index (χ1n) is 4.95. The summed E-state index contributed by atoms with van der Waals surface area (Å²) in [4.78, 5) is 3.75. The quantitative estimate of drug-likeness (QED) is 0.259. The molecule has 15 heavy (non-hydrogen) atoms. The van der Waals surface area contributed by atoms with E-state index in [4.69, 9.17) is 0 Å². The highest BCUT2D eigenvalue weighted by molar-refractivity contribution is 7.85. The summed E-state index contributed by atoms with van der Waals surface area (Å²) in [7, 11) is -0.0314. The first-order chi connectivity index (χ1) is 6.77. The highest BCUT2D eigenvalue weighted by Gasteiger charge is 2.14. The smallest absolute Gasteiger partial charge is 0.0948 e. The van der Waals surface area contributed by atoms with E-state index >= 15 is 0 Å². The van der Waals surface area contributed by atoms with Crippen LogP contribution in [-0.2, 0) is 10.1 Å². The molecule has 0 aromatic heterocycles. The molecule has 0 fully saturated rings. The lowest BCUT2D eigenvalue weighted by atomic mass is 10.3. The topological polar surface area (TPSA) is 69.6 Å². The van der Waals surface area contributed by atoms with E-state index in [9.17, 15) is 13.0 Å². The van der Waals surface area contributed by atoms with Crippen LogP contribution in [0, 0.1) is 0 Å². The molecule has 0 atom stereocenters. The number of nitrogens with zero attached hydrogens (tertiary/aromatic N) is 2. The summed E-state index contributed by atoms with van der Waals surface area (Å²) in [5.74, 6) is -0.269. The summed E-state index contributed by atoms with van der Waals surface area (Å²) in [6.07, 6.45) is 1.35. The average Bonchev–Trinajstić information content (AvgIpc) is 2.01. The lowest BCUT2D eigenvalue weighted by Gasteiger charge is -2.29. The maximum Gasteiger partial charge on any atom is 0.0948 e. The number of quaternary nitrogens is 1. The van der Waals surface area contributed by atoms with Gasteiger partial charge in [0.15, 0.2) is 0 Å². The van der Waals surface area contributed by atoms with Crippen LogP contribution in [0.3, 0.4) is 0 Å². The van der Waals surface area contributed by atoms with Gasteiger partial charge >= 0.3 is 0 Å². The second-order valence-corrected chi connectivity index (χ2v) is 5.82. The minimum atomic E-state index is -4.06. The SMILES string of the molecule is C=NCCC[N+](C)(C)CCCS(=O)(=O)[O-]. The molecule has 0 aliphatic heterocycles. The van der Waals surface area contributed by atoms with Gasteiger partial charge in [-0.3, -0.25) is 0 Å². The van der Waals surface area contributed by atoms with Crippen LogP contribution >= 0.6 is 0 Å². The van der Waals surface area contributed by atoms with Gasteiger partial charge in [-0.05, 0) is 6.72 Å². The van der Waals surface area contributed by atoms with E-state index in [1.165, 1.54) is 0 Å². The Balaban J connectivity index is 3.78. The van der Waals surface area contributed by atoms with Gasteiger partial charge in [0.25, 0.3) is 0 Å². The van der Waals surface area contributed by atoms with Crippen molar-refractivity contribution in [3.63, 3.8) is 0 Å². The predicted molar refractivity (Wildman–Crippen MR) is 60.1 cm³/mol. The molecule has 0 saturated carbocycles. The highest BCUT2D eigenvalue weighted by Crippen LogP contribution is 2.02. The summed E-state index contributed by atoms with van der Waals surface area (Å²) in [5.41, 5.74) is 0. The Bertz CT molecular complexity index is 286. The van der Waals surface area contributed by atoms with Crippen molar-refractivity contribution in [2.75, 3.05) is 39.5 Å². The molecule has 0 aromatic rings. The van der Waals surface area contributed by atoms with E-state index < -0.39 is 10.1 Å². The number of rotatable bonds is 8. The van der Waals surface area contributed by atoms with Crippen molar-refractivity contribution in [3.8, 4) is 0 Å². The molecular weight excluding hydrogens is 216 g/mol. The van der Waals surface area contributed by atoms with Gasteiger partial charge in [-0.15, -0.1) is 0 Å². The largest absolute Gasteiger partial charge is 0.748 e. The van der Waals surface area contributed by atoms with Crippen LogP contribution in [0.25, 0.3) is 0 Å². The molecule has 0 aromatic carbocycles. The second kappa shape index (κ2) is 6.19. The third-order valence-electron chi connectivity index (χ3n) is 2.24. The first kappa shape index (κ1) is 14.5. The normalized spacial score (nSPS) is 12.7. The zero-order valence-electron chi connectivity index (χ0n) is 9.48. The molecule has 0 spiro atoms. The van der Waals surface area contributed by atoms with Gasteiger partial charge in [0.1, 0.15) is 0 Å². The van der Waals surface area contributed by atoms with Crippen molar-refractivity contribution in [1.82, 2.24) is 0 Å². The van der Waals surface area contributed by atoms with Crippen molar-refractivity contribution >= 4 is 16.8 Å². The maximum atomic E-state index is 10.4. The van der Waals surface area contributed by atoms with E-state index in [0.717, 1.165) is 19.5 Å². The van der Waals surface area contributed by atoms with E-state index in [2.05, 4.69) is 11.7 Å². The van der Waals surface area contributed by atoms with Crippen LogP contribution in [0.15, 0.2) is 4.99 Å². The fourth-order valence-electron chi connectivity index (χ4n) is 1.39. The molecule has 0 radical (unpaired) electrons. The third kappa shape index (κ3) is 9.84. The molecule has 6 heteroatoms. The van der Waals surface area contributed by atoms with Gasteiger partial charge < -0.3 is 14.0 Å². The second-order valence-electron chi connectivity index (χ2n) is 4.30. The van der Waals surface area contributed by atoms with E-state index in [0.29, 0.717) is 17.4 Å². The van der Waals surface area contributed by atoms with Crippen LogP contribution in [0.4, 0.5) is 0 Å². The Labute approximate surface area is 92.2 Å². The number of hydrogen-bond donors (Lipinski definition) is 0. The summed E-state index contributed by atoms with van der Waals surface area (Å²) in [6, 6.07) is 0. The van der Waals surface area contributed by atoms with Crippen LogP contribution in [-0.4, -0.2) is 63.7 Å². The Morgan fingerprint density at radius 1 is 1.27 bits per heavy atom. The molecule has 0 aliphatic rings. The molecule has 0 saturated heterocycles. The molecular formula is C9H20N2O3S. The Morgan fingerprint density at radius 3 is 2.27 bits per heavy atom. The van der Waals surface area contributed by atoms with Crippen LogP contribution in [0.5, 0.6) is 0 Å². The Kier molecular flexibility index (Phi) is 6.00. The molecule has 0 N–H and O–H groups in total. The van der Waals surface area contributed by atoms with Gasteiger partial charge in [-0.1, -0.05) is 0 Å². The van der Waals surface area contributed by atoms with Gasteiger partial charge in [-0.2, -0.15) is 0 Å². The minimum Gasteiger partial charge on any atom is -0.748 e. The van der Waals surface area contributed by atoms with Gasteiger partial charge in [0.2, 0.25) is 0 Å². The third-order valence-corrected chi connectivity index (χ3v) is 3.03. The average molecular weight is 236 g/mol. The van der Waals surface area contributed by atoms with Crippen molar-refractivity contribution < 1.29 is 17.5 Å². The molecule has 0 amide bonds. The summed E-state index contributed by atoms with van der Waals surface area (Å²) >= 11 is 0. The molecule has 0 unspecified atom stereocenters. The number of hydrogen-bond acceptors (Lipinski definition) is 4. The van der Waals surface area contributed by atoms with Crippen molar-refractivity contribution in [1.29, 1.82) is 0 Å². The van der Waals surface area contributed by atoms with E-state index in [1.54, 1.807) is 0 Å². The van der Waals surface area contributed by atoms with Gasteiger partial charge in [0, 0.05) is 25.1 Å². The van der Waals surface area contributed by atoms with Crippen LogP contribution in [0.1, 0.15) is 12.8 Å². The van der Waals surface area contributed by atoms with Crippen molar-refractivity contribution in [2.45, 2.75) is 12.8 Å². The summed E-state index contributed by atoms with van der Waals surface area (Å²) in [5, 5.41) is 0. The number of aliphatic imine (C=N–C) groups is 1. The highest BCUT2D eigenvalue weighted by atomic mass is 32.2. The maximum absolute atomic E-state index is 10.4. The molecule has 90 valence electrons. The lowest BCUT2D eigenvalue weighted by Crippen LogP contribution is -2.42. The fraction of sp³-hybridized carbons (Fsp3) is 0.889. The van der Waals surface area contributed by atoms with Gasteiger partial charge in [0.05, 0.1) is 37.3 Å². The molecule has 0 aliphatic carbocycles. The Hall–Kier alpha value is -0.460. The van der Waals surface area contributed by atoms with Gasteiger partial charge in [-0.25, -0.2) is 8.42 Å². The molecule has 5 nitrogen and oxygen atoms in total. The minimum absolute atomic E-state index is 0.269. The van der Waals surface area contributed by atoms with E-state index in [1.807, 2.05) is 14.1 Å². The molecule has 0 rings (SSSR count). The first-order valence-corrected chi connectivity index (χ1v) is 6.53. The lowest BCUT2D eigenvalue weighted by molar-refractivity contribution is -0.890.